The standard InChI is InChI=1S/C27H25NO5S/c1-31-27(30)20-10-19-11-22(5-6-23(19)24(12-20)26-14-28-16-34-26)33-15-17-3-2-4-18(9-17)25-13-21(29)7-8-32-25/h2-6,9-12,14,16,21,25,29H,7-8,13,15H2,1H3. The smallest absolute Gasteiger partial charge is 0.337 e. The van der Waals surface area contributed by atoms with Crippen molar-refractivity contribution in [2.45, 2.75) is 31.7 Å². The largest absolute Gasteiger partial charge is 0.489 e. The van der Waals surface area contributed by atoms with E-state index in [4.69, 9.17) is 14.2 Å². The van der Waals surface area contributed by atoms with E-state index in [2.05, 4.69) is 11.1 Å². The average Bonchev–Trinajstić information content (AvgIpc) is 3.41. The average molecular weight is 476 g/mol. The molecular formula is C27H25NO5S. The van der Waals surface area contributed by atoms with Gasteiger partial charge in [-0.05, 0) is 58.7 Å². The third-order valence-corrected chi connectivity index (χ3v) is 6.83. The zero-order chi connectivity index (χ0) is 23.5. The van der Waals surface area contributed by atoms with E-state index in [0.29, 0.717) is 37.4 Å². The van der Waals surface area contributed by atoms with Gasteiger partial charge in [-0.1, -0.05) is 24.3 Å². The van der Waals surface area contributed by atoms with Crippen LogP contribution in [-0.4, -0.2) is 35.9 Å². The van der Waals surface area contributed by atoms with Crippen LogP contribution in [0.2, 0.25) is 0 Å². The van der Waals surface area contributed by atoms with Crippen LogP contribution in [-0.2, 0) is 16.1 Å². The second kappa shape index (κ2) is 9.93. The Hall–Kier alpha value is -3.26. The van der Waals surface area contributed by atoms with E-state index in [1.165, 1.54) is 18.4 Å². The molecule has 174 valence electrons. The molecule has 0 amide bonds. The molecule has 2 atom stereocenters. The molecule has 4 aromatic rings. The van der Waals surface area contributed by atoms with E-state index < -0.39 is 0 Å². The molecule has 5 rings (SSSR count). The van der Waals surface area contributed by atoms with Gasteiger partial charge in [-0.2, -0.15) is 0 Å². The third-order valence-electron chi connectivity index (χ3n) is 6.03. The van der Waals surface area contributed by atoms with Crippen molar-refractivity contribution in [3.05, 3.63) is 83.0 Å². The highest BCUT2D eigenvalue weighted by molar-refractivity contribution is 7.13. The first-order chi connectivity index (χ1) is 16.6. The number of carbonyl (C=O) groups excluding carboxylic acids is 1. The summed E-state index contributed by atoms with van der Waals surface area (Å²) >= 11 is 1.52. The maximum Gasteiger partial charge on any atom is 0.337 e. The van der Waals surface area contributed by atoms with E-state index in [1.807, 2.05) is 48.5 Å². The van der Waals surface area contributed by atoms with Gasteiger partial charge in [-0.3, -0.25) is 4.98 Å². The minimum atomic E-state index is -0.383. The number of hydrogen-bond acceptors (Lipinski definition) is 7. The summed E-state index contributed by atoms with van der Waals surface area (Å²) in [6.07, 6.45) is 2.68. The molecule has 1 N–H and O–H groups in total. The van der Waals surface area contributed by atoms with Gasteiger partial charge in [0.25, 0.3) is 0 Å². The Morgan fingerprint density at radius 3 is 2.91 bits per heavy atom. The third kappa shape index (κ3) is 4.82. The highest BCUT2D eigenvalue weighted by Crippen LogP contribution is 2.35. The van der Waals surface area contributed by atoms with Gasteiger partial charge < -0.3 is 19.3 Å². The Labute approximate surface area is 201 Å². The van der Waals surface area contributed by atoms with Gasteiger partial charge in [0, 0.05) is 24.8 Å². The molecule has 0 saturated carbocycles. The van der Waals surface area contributed by atoms with Crippen LogP contribution in [0.1, 0.15) is 40.4 Å². The first kappa shape index (κ1) is 22.5. The van der Waals surface area contributed by atoms with Crippen molar-refractivity contribution in [1.29, 1.82) is 0 Å². The molecule has 1 fully saturated rings. The van der Waals surface area contributed by atoms with Crippen molar-refractivity contribution in [3.63, 3.8) is 0 Å². The van der Waals surface area contributed by atoms with Crippen LogP contribution in [0, 0.1) is 0 Å². The molecule has 1 aliphatic rings. The molecule has 6 nitrogen and oxygen atoms in total. The van der Waals surface area contributed by atoms with Crippen molar-refractivity contribution >= 4 is 28.1 Å². The lowest BCUT2D eigenvalue weighted by Gasteiger charge is -2.27. The number of nitrogens with zero attached hydrogens (tertiary/aromatic N) is 1. The number of rotatable bonds is 6. The highest BCUT2D eigenvalue weighted by atomic mass is 32.1. The highest BCUT2D eigenvalue weighted by Gasteiger charge is 2.22. The summed E-state index contributed by atoms with van der Waals surface area (Å²) in [4.78, 5) is 17.4. The minimum Gasteiger partial charge on any atom is -0.489 e. The quantitative estimate of drug-likeness (QED) is 0.369. The lowest BCUT2D eigenvalue weighted by atomic mass is 9.98. The molecule has 0 aliphatic carbocycles. The van der Waals surface area contributed by atoms with Crippen molar-refractivity contribution in [1.82, 2.24) is 4.98 Å². The summed E-state index contributed by atoms with van der Waals surface area (Å²) in [5.41, 5.74) is 5.27. The van der Waals surface area contributed by atoms with Crippen LogP contribution in [0.5, 0.6) is 5.75 Å². The van der Waals surface area contributed by atoms with Gasteiger partial charge in [0.05, 0.1) is 35.3 Å². The van der Waals surface area contributed by atoms with E-state index in [9.17, 15) is 9.90 Å². The predicted octanol–water partition coefficient (Wildman–Crippen LogP) is 5.54. The van der Waals surface area contributed by atoms with E-state index in [-0.39, 0.29) is 18.2 Å². The molecule has 1 aliphatic heterocycles. The van der Waals surface area contributed by atoms with Gasteiger partial charge >= 0.3 is 5.97 Å². The molecule has 0 bridgehead atoms. The number of fused-ring (bicyclic) bond motifs is 1. The molecule has 2 unspecified atom stereocenters. The zero-order valence-corrected chi connectivity index (χ0v) is 19.6. The first-order valence-corrected chi connectivity index (χ1v) is 12.0. The summed E-state index contributed by atoms with van der Waals surface area (Å²) < 4.78 is 16.9. The summed E-state index contributed by atoms with van der Waals surface area (Å²) in [5.74, 6) is 0.324. The molecule has 7 heteroatoms. The van der Waals surface area contributed by atoms with Crippen molar-refractivity contribution in [2.24, 2.45) is 0 Å². The van der Waals surface area contributed by atoms with Crippen LogP contribution >= 0.6 is 11.3 Å². The number of methoxy groups -OCH3 is 1. The molecule has 1 aromatic heterocycles. The van der Waals surface area contributed by atoms with E-state index >= 15 is 0 Å². The van der Waals surface area contributed by atoms with Gasteiger partial charge in [0.2, 0.25) is 0 Å². The van der Waals surface area contributed by atoms with Gasteiger partial charge in [0.1, 0.15) is 12.4 Å². The van der Waals surface area contributed by atoms with Crippen LogP contribution in [0.4, 0.5) is 0 Å². The van der Waals surface area contributed by atoms with Crippen LogP contribution in [0.3, 0.4) is 0 Å². The van der Waals surface area contributed by atoms with Crippen molar-refractivity contribution in [2.75, 3.05) is 13.7 Å². The zero-order valence-electron chi connectivity index (χ0n) is 18.8. The van der Waals surface area contributed by atoms with Gasteiger partial charge in [-0.15, -0.1) is 11.3 Å². The Bertz CT molecular complexity index is 1300. The molecular weight excluding hydrogens is 450 g/mol. The fourth-order valence-electron chi connectivity index (χ4n) is 4.29. The van der Waals surface area contributed by atoms with Crippen molar-refractivity contribution < 1.29 is 24.1 Å². The maximum atomic E-state index is 12.3. The number of aliphatic hydroxyl groups is 1. The number of benzene rings is 3. The lowest BCUT2D eigenvalue weighted by Crippen LogP contribution is -2.23. The fourth-order valence-corrected chi connectivity index (χ4v) is 4.94. The Morgan fingerprint density at radius 2 is 2.12 bits per heavy atom. The fraction of sp³-hybridized carbons (Fsp3) is 0.259. The number of thiazole rings is 1. The predicted molar refractivity (Wildman–Crippen MR) is 131 cm³/mol. The van der Waals surface area contributed by atoms with Crippen LogP contribution in [0.25, 0.3) is 21.2 Å². The summed E-state index contributed by atoms with van der Waals surface area (Å²) in [6, 6.07) is 17.7. The number of ether oxygens (including phenoxy) is 3. The van der Waals surface area contributed by atoms with Crippen molar-refractivity contribution in [3.8, 4) is 16.2 Å². The lowest BCUT2D eigenvalue weighted by molar-refractivity contribution is -0.0448. The number of aliphatic hydroxyl groups excluding tert-OH is 1. The Balaban J connectivity index is 1.40. The minimum absolute atomic E-state index is 0.0914. The number of aromatic nitrogens is 1. The molecule has 0 spiro atoms. The molecule has 2 heterocycles. The van der Waals surface area contributed by atoms with Gasteiger partial charge in [-0.25, -0.2) is 4.79 Å². The monoisotopic (exact) mass is 475 g/mol. The summed E-state index contributed by atoms with van der Waals surface area (Å²) in [6.45, 7) is 0.966. The normalized spacial score (nSPS) is 18.1. The summed E-state index contributed by atoms with van der Waals surface area (Å²) in [5, 5.41) is 11.9. The summed E-state index contributed by atoms with van der Waals surface area (Å²) in [7, 11) is 1.38. The van der Waals surface area contributed by atoms with Gasteiger partial charge in [0.15, 0.2) is 0 Å². The Kier molecular flexibility index (Phi) is 6.58. The van der Waals surface area contributed by atoms with Crippen LogP contribution < -0.4 is 4.74 Å². The Morgan fingerprint density at radius 1 is 1.21 bits per heavy atom. The number of carbonyl (C=O) groups is 1. The molecule has 0 radical (unpaired) electrons. The van der Waals surface area contributed by atoms with E-state index in [1.54, 1.807) is 11.7 Å². The topological polar surface area (TPSA) is 77.9 Å². The molecule has 3 aromatic carbocycles. The molecule has 1 saturated heterocycles. The number of hydrogen-bond donors (Lipinski definition) is 1. The maximum absolute atomic E-state index is 12.3. The SMILES string of the molecule is COC(=O)c1cc(-c2cncs2)c2ccc(OCc3cccc(C4CC(O)CCO4)c3)cc2c1. The number of esters is 1. The van der Waals surface area contributed by atoms with Crippen LogP contribution in [0.15, 0.2) is 66.3 Å². The second-order valence-electron chi connectivity index (χ2n) is 8.34. The second-order valence-corrected chi connectivity index (χ2v) is 9.22. The first-order valence-electron chi connectivity index (χ1n) is 11.2. The molecule has 34 heavy (non-hydrogen) atoms. The van der Waals surface area contributed by atoms with E-state index in [0.717, 1.165) is 32.3 Å².